The van der Waals surface area contributed by atoms with Crippen LogP contribution in [0.5, 0.6) is 0 Å². The Morgan fingerprint density at radius 3 is 2.32 bits per heavy atom. The van der Waals surface area contributed by atoms with Crippen LogP contribution in [0.15, 0.2) is 65.9 Å². The van der Waals surface area contributed by atoms with Crippen molar-refractivity contribution in [3.05, 3.63) is 82.6 Å². The lowest BCUT2D eigenvalue weighted by atomic mass is 9.84. The van der Waals surface area contributed by atoms with Crippen LogP contribution in [0.4, 0.5) is 5.95 Å². The Hall–Kier alpha value is -3.81. The lowest BCUT2D eigenvalue weighted by Gasteiger charge is -2.28. The van der Waals surface area contributed by atoms with E-state index in [1.165, 1.54) is 11.8 Å². The molecule has 0 saturated carbocycles. The molecule has 0 radical (unpaired) electrons. The molecule has 0 spiro atoms. The molecule has 0 fully saturated rings. The number of carbonyl (C=O) groups is 2. The summed E-state index contributed by atoms with van der Waals surface area (Å²) in [6.07, 6.45) is 0. The first kappa shape index (κ1) is 20.5. The third kappa shape index (κ3) is 3.72. The molecule has 158 valence electrons. The van der Waals surface area contributed by atoms with E-state index in [0.29, 0.717) is 5.56 Å². The van der Waals surface area contributed by atoms with Gasteiger partial charge >= 0.3 is 5.97 Å². The summed E-state index contributed by atoms with van der Waals surface area (Å²) in [6.45, 7) is 6.39. The molecule has 1 aliphatic heterocycles. The number of ketones is 1. The van der Waals surface area contributed by atoms with Crippen LogP contribution in [0.25, 0.3) is 0 Å². The minimum Gasteiger partial charge on any atom is -0.464 e. The highest BCUT2D eigenvalue weighted by Crippen LogP contribution is 2.37. The van der Waals surface area contributed by atoms with Gasteiger partial charge in [0.2, 0.25) is 5.95 Å². The Balaban J connectivity index is 1.92. The maximum Gasteiger partial charge on any atom is 0.355 e. The third-order valence-corrected chi connectivity index (χ3v) is 5.28. The van der Waals surface area contributed by atoms with Gasteiger partial charge in [-0.3, -0.25) is 4.79 Å². The van der Waals surface area contributed by atoms with Gasteiger partial charge in [0, 0.05) is 5.56 Å². The zero-order chi connectivity index (χ0) is 22.2. The van der Waals surface area contributed by atoms with Crippen LogP contribution in [-0.2, 0) is 14.9 Å². The normalized spacial score (nSPS) is 15.8. The maximum absolute atomic E-state index is 13.6. The van der Waals surface area contributed by atoms with E-state index in [1.807, 2.05) is 30.3 Å². The largest absolute Gasteiger partial charge is 0.464 e. The van der Waals surface area contributed by atoms with Gasteiger partial charge in [0.1, 0.15) is 11.7 Å². The molecule has 8 heteroatoms. The number of fused-ring (bicyclic) bond motifs is 1. The second-order valence-electron chi connectivity index (χ2n) is 8.32. The number of anilines is 1. The molecule has 1 atom stereocenters. The summed E-state index contributed by atoms with van der Waals surface area (Å²) >= 11 is 0. The SMILES string of the molecule is COC(=O)C1=C(C(=O)c2ccccc2)[C@H](c2ccc(C(C)(C)C)cc2)n2nnnc2N1. The van der Waals surface area contributed by atoms with Gasteiger partial charge in [0.25, 0.3) is 0 Å². The minimum atomic E-state index is -0.693. The van der Waals surface area contributed by atoms with Crippen LogP contribution in [-0.4, -0.2) is 39.1 Å². The number of nitrogens with zero attached hydrogens (tertiary/aromatic N) is 4. The molecule has 1 N–H and O–H groups in total. The van der Waals surface area contributed by atoms with Gasteiger partial charge in [-0.2, -0.15) is 4.68 Å². The van der Waals surface area contributed by atoms with E-state index >= 15 is 0 Å². The molecule has 4 rings (SSSR count). The first-order valence-corrected chi connectivity index (χ1v) is 9.89. The van der Waals surface area contributed by atoms with E-state index in [1.54, 1.807) is 24.3 Å². The molecule has 0 saturated heterocycles. The number of benzene rings is 2. The highest BCUT2D eigenvalue weighted by atomic mass is 16.5. The molecule has 1 aliphatic rings. The number of Topliss-reactive ketones (excluding diaryl/α,β-unsaturated/α-hetero) is 1. The zero-order valence-corrected chi connectivity index (χ0v) is 17.8. The predicted octanol–water partition coefficient (Wildman–Crippen LogP) is 3.30. The van der Waals surface area contributed by atoms with Crippen molar-refractivity contribution < 1.29 is 14.3 Å². The number of allylic oxidation sites excluding steroid dienone is 1. The molecule has 1 aromatic heterocycles. The van der Waals surface area contributed by atoms with Gasteiger partial charge < -0.3 is 10.1 Å². The van der Waals surface area contributed by atoms with Crippen LogP contribution in [0, 0.1) is 0 Å². The van der Waals surface area contributed by atoms with Gasteiger partial charge in [0.05, 0.1) is 12.7 Å². The molecule has 2 aromatic carbocycles. The average molecular weight is 417 g/mol. The van der Waals surface area contributed by atoms with Crippen molar-refractivity contribution in [2.75, 3.05) is 12.4 Å². The van der Waals surface area contributed by atoms with E-state index in [9.17, 15) is 9.59 Å². The number of carbonyl (C=O) groups excluding carboxylic acids is 2. The second kappa shape index (κ2) is 7.79. The summed E-state index contributed by atoms with van der Waals surface area (Å²) in [5.74, 6) is -0.709. The average Bonchev–Trinajstić information content (AvgIpc) is 3.25. The number of tetrazole rings is 1. The molecule has 3 aromatic rings. The lowest BCUT2D eigenvalue weighted by molar-refractivity contribution is -0.136. The zero-order valence-electron chi connectivity index (χ0n) is 17.8. The summed E-state index contributed by atoms with van der Waals surface area (Å²) < 4.78 is 6.46. The third-order valence-electron chi connectivity index (χ3n) is 5.28. The second-order valence-corrected chi connectivity index (χ2v) is 8.32. The molecule has 0 bridgehead atoms. The number of hydrogen-bond donors (Lipinski definition) is 1. The Bertz CT molecular complexity index is 1160. The van der Waals surface area contributed by atoms with E-state index in [0.717, 1.165) is 11.1 Å². The first-order chi connectivity index (χ1) is 14.8. The summed E-state index contributed by atoms with van der Waals surface area (Å²) in [7, 11) is 1.27. The molecule has 0 amide bonds. The van der Waals surface area contributed by atoms with Gasteiger partial charge in [-0.15, -0.1) is 0 Å². The van der Waals surface area contributed by atoms with Gasteiger partial charge in [-0.25, -0.2) is 4.79 Å². The fourth-order valence-electron chi connectivity index (χ4n) is 3.61. The van der Waals surface area contributed by atoms with E-state index in [-0.39, 0.29) is 28.4 Å². The number of aromatic nitrogens is 4. The molecular formula is C23H23N5O3. The van der Waals surface area contributed by atoms with Crippen LogP contribution >= 0.6 is 0 Å². The maximum atomic E-state index is 13.6. The van der Waals surface area contributed by atoms with Crippen LogP contribution < -0.4 is 5.32 Å². The van der Waals surface area contributed by atoms with E-state index in [2.05, 4.69) is 41.6 Å². The van der Waals surface area contributed by atoms with Gasteiger partial charge in [-0.1, -0.05) is 80.5 Å². The quantitative estimate of drug-likeness (QED) is 0.514. The van der Waals surface area contributed by atoms with Crippen molar-refractivity contribution in [2.45, 2.75) is 32.2 Å². The molecular weight excluding hydrogens is 394 g/mol. The van der Waals surface area contributed by atoms with Gasteiger partial charge in [-0.05, 0) is 27.0 Å². The fraction of sp³-hybridized carbons (Fsp3) is 0.261. The molecule has 31 heavy (non-hydrogen) atoms. The van der Waals surface area contributed by atoms with Crippen LogP contribution in [0.1, 0.15) is 48.3 Å². The van der Waals surface area contributed by atoms with E-state index < -0.39 is 12.0 Å². The Kier molecular flexibility index (Phi) is 5.14. The Morgan fingerprint density at radius 2 is 1.71 bits per heavy atom. The van der Waals surface area contributed by atoms with Crippen molar-refractivity contribution in [2.24, 2.45) is 0 Å². The summed E-state index contributed by atoms with van der Waals surface area (Å²) in [5.41, 5.74) is 2.61. The minimum absolute atomic E-state index is 0.0255. The highest BCUT2D eigenvalue weighted by Gasteiger charge is 2.38. The molecule has 2 heterocycles. The monoisotopic (exact) mass is 417 g/mol. The number of nitrogens with one attached hydrogen (secondary N) is 1. The van der Waals surface area contributed by atoms with Gasteiger partial charge in [0.15, 0.2) is 5.78 Å². The fourth-order valence-corrected chi connectivity index (χ4v) is 3.61. The smallest absolute Gasteiger partial charge is 0.355 e. The first-order valence-electron chi connectivity index (χ1n) is 9.89. The molecule has 0 unspecified atom stereocenters. The Labute approximate surface area is 179 Å². The number of ether oxygens (including phenoxy) is 1. The lowest BCUT2D eigenvalue weighted by Crippen LogP contribution is -2.33. The number of esters is 1. The summed E-state index contributed by atoms with van der Waals surface area (Å²) in [4.78, 5) is 26.2. The number of rotatable bonds is 4. The van der Waals surface area contributed by atoms with E-state index in [4.69, 9.17) is 4.74 Å². The number of methoxy groups -OCH3 is 1. The molecule has 8 nitrogen and oxygen atoms in total. The van der Waals surface area contributed by atoms with Crippen LogP contribution in [0.2, 0.25) is 0 Å². The standard InChI is InChI=1S/C23H23N5O3/c1-23(2,3)16-12-10-14(11-13-16)19-17(20(29)15-8-6-5-7-9-15)18(21(30)31-4)24-22-25-26-27-28(19)22/h5-13,19H,1-4H3,(H,24,25,27)/t19-/m0/s1. The Morgan fingerprint density at radius 1 is 1.03 bits per heavy atom. The summed E-state index contributed by atoms with van der Waals surface area (Å²) in [6, 6.07) is 16.0. The van der Waals surface area contributed by atoms with Crippen molar-refractivity contribution in [3.63, 3.8) is 0 Å². The van der Waals surface area contributed by atoms with Crippen molar-refractivity contribution in [1.82, 2.24) is 20.2 Å². The predicted molar refractivity (Wildman–Crippen MR) is 115 cm³/mol. The van der Waals surface area contributed by atoms with Crippen molar-refractivity contribution in [1.29, 1.82) is 0 Å². The molecule has 0 aliphatic carbocycles. The topological polar surface area (TPSA) is 99.0 Å². The highest BCUT2D eigenvalue weighted by molar-refractivity contribution is 6.14. The van der Waals surface area contributed by atoms with Crippen LogP contribution in [0.3, 0.4) is 0 Å². The summed E-state index contributed by atoms with van der Waals surface area (Å²) in [5, 5.41) is 14.7. The van der Waals surface area contributed by atoms with Crippen molar-refractivity contribution in [3.8, 4) is 0 Å². The van der Waals surface area contributed by atoms with Crippen molar-refractivity contribution >= 4 is 17.7 Å². The number of hydrogen-bond acceptors (Lipinski definition) is 7.